The fourth-order valence-corrected chi connectivity index (χ4v) is 0.644. The van der Waals surface area contributed by atoms with Crippen molar-refractivity contribution < 1.29 is 4.18 Å². The lowest BCUT2D eigenvalue weighted by atomic mass is 10.5. The third kappa shape index (κ3) is 6.05. The highest BCUT2D eigenvalue weighted by Crippen LogP contribution is 2.00. The molecule has 0 aromatic rings. The Balaban J connectivity index is 2.56. The van der Waals surface area contributed by atoms with Crippen LogP contribution >= 0.6 is 12.0 Å². The molecule has 2 heteroatoms. The first-order valence-corrected chi connectivity index (χ1v) is 3.09. The summed E-state index contributed by atoms with van der Waals surface area (Å²) in [6.07, 6.45) is 2.91. The second kappa shape index (κ2) is 6.05. The van der Waals surface area contributed by atoms with Gasteiger partial charge in [-0.15, -0.1) is 6.58 Å². The molecule has 7 heavy (non-hydrogen) atoms. The van der Waals surface area contributed by atoms with Gasteiger partial charge in [0.15, 0.2) is 0 Å². The molecule has 1 nitrogen and oxygen atoms in total. The fraction of sp³-hybridized carbons (Fsp3) is 0.600. The number of hydrogen-bond donors (Lipinski definition) is 0. The standard InChI is InChI=1S/C5H10OS/c1-3-4-5-7-6-2/h3H,1,4-5H2,2H3. The van der Waals surface area contributed by atoms with Crippen molar-refractivity contribution >= 4 is 12.0 Å². The van der Waals surface area contributed by atoms with Crippen LogP contribution in [0.15, 0.2) is 12.7 Å². The molecule has 0 rings (SSSR count). The SMILES string of the molecule is C=CCCSOC. The van der Waals surface area contributed by atoms with Gasteiger partial charge in [0.2, 0.25) is 0 Å². The summed E-state index contributed by atoms with van der Waals surface area (Å²) in [4.78, 5) is 0. The summed E-state index contributed by atoms with van der Waals surface area (Å²) in [7, 11) is 1.67. The summed E-state index contributed by atoms with van der Waals surface area (Å²) in [5.41, 5.74) is 0. The van der Waals surface area contributed by atoms with E-state index in [0.29, 0.717) is 0 Å². The van der Waals surface area contributed by atoms with Crippen LogP contribution in [0.4, 0.5) is 0 Å². The fourth-order valence-electron chi connectivity index (χ4n) is 0.215. The van der Waals surface area contributed by atoms with Crippen molar-refractivity contribution in [2.24, 2.45) is 0 Å². The van der Waals surface area contributed by atoms with E-state index in [9.17, 15) is 0 Å². The molecule has 0 aromatic carbocycles. The van der Waals surface area contributed by atoms with E-state index >= 15 is 0 Å². The van der Waals surface area contributed by atoms with Crippen LogP contribution in [0.25, 0.3) is 0 Å². The molecule has 0 bridgehead atoms. The molecule has 0 aromatic heterocycles. The quantitative estimate of drug-likeness (QED) is 0.316. The molecule has 0 unspecified atom stereocenters. The van der Waals surface area contributed by atoms with Crippen molar-refractivity contribution in [3.05, 3.63) is 12.7 Å². The summed E-state index contributed by atoms with van der Waals surface area (Å²) in [5, 5.41) is 0. The van der Waals surface area contributed by atoms with Crippen molar-refractivity contribution in [2.75, 3.05) is 12.9 Å². The average molecular weight is 118 g/mol. The maximum absolute atomic E-state index is 4.71. The lowest BCUT2D eigenvalue weighted by Gasteiger charge is -1.89. The van der Waals surface area contributed by atoms with Gasteiger partial charge >= 0.3 is 0 Å². The van der Waals surface area contributed by atoms with Crippen LogP contribution in [0.3, 0.4) is 0 Å². The van der Waals surface area contributed by atoms with Crippen LogP contribution in [0.1, 0.15) is 6.42 Å². The summed E-state index contributed by atoms with van der Waals surface area (Å²) < 4.78 is 4.71. The van der Waals surface area contributed by atoms with E-state index < -0.39 is 0 Å². The monoisotopic (exact) mass is 118 g/mol. The molecule has 0 fully saturated rings. The van der Waals surface area contributed by atoms with E-state index in [1.54, 1.807) is 7.11 Å². The van der Waals surface area contributed by atoms with Gasteiger partial charge in [0.25, 0.3) is 0 Å². The van der Waals surface area contributed by atoms with Gasteiger partial charge in [-0.25, -0.2) is 0 Å². The molecule has 0 aliphatic carbocycles. The summed E-state index contributed by atoms with van der Waals surface area (Å²) in [5.74, 6) is 1.01. The van der Waals surface area contributed by atoms with Crippen LogP contribution in [-0.4, -0.2) is 12.9 Å². The minimum atomic E-state index is 1.01. The van der Waals surface area contributed by atoms with E-state index in [0.717, 1.165) is 12.2 Å². The zero-order valence-electron chi connectivity index (χ0n) is 4.52. The van der Waals surface area contributed by atoms with Crippen molar-refractivity contribution in [1.29, 1.82) is 0 Å². The van der Waals surface area contributed by atoms with Crippen molar-refractivity contribution in [2.45, 2.75) is 6.42 Å². The molecule has 0 saturated carbocycles. The first-order chi connectivity index (χ1) is 3.41. The van der Waals surface area contributed by atoms with Gasteiger partial charge in [0.05, 0.1) is 7.11 Å². The molecular formula is C5H10OS. The Kier molecular flexibility index (Phi) is 6.09. The van der Waals surface area contributed by atoms with Crippen LogP contribution < -0.4 is 0 Å². The Bertz CT molecular complexity index is 45.3. The molecular weight excluding hydrogens is 108 g/mol. The van der Waals surface area contributed by atoms with Crippen LogP contribution in [-0.2, 0) is 4.18 Å². The normalized spacial score (nSPS) is 8.71. The summed E-state index contributed by atoms with van der Waals surface area (Å²) in [6, 6.07) is 0. The highest BCUT2D eigenvalue weighted by Gasteiger charge is 1.78. The predicted molar refractivity (Wildman–Crippen MR) is 34.3 cm³/mol. The molecule has 0 aliphatic rings. The molecule has 0 heterocycles. The lowest BCUT2D eigenvalue weighted by molar-refractivity contribution is 0.490. The molecule has 0 aliphatic heterocycles. The van der Waals surface area contributed by atoms with Gasteiger partial charge in [-0.2, -0.15) is 0 Å². The van der Waals surface area contributed by atoms with Crippen LogP contribution in [0.5, 0.6) is 0 Å². The van der Waals surface area contributed by atoms with Crippen molar-refractivity contribution in [1.82, 2.24) is 0 Å². The maximum atomic E-state index is 4.71. The lowest BCUT2D eigenvalue weighted by Crippen LogP contribution is -1.73. The highest BCUT2D eigenvalue weighted by atomic mass is 32.2. The van der Waals surface area contributed by atoms with Gasteiger partial charge in [0, 0.05) is 5.75 Å². The van der Waals surface area contributed by atoms with E-state index in [1.165, 1.54) is 12.0 Å². The first-order valence-electron chi connectivity index (χ1n) is 2.18. The Hall–Kier alpha value is 0.0500. The Morgan fingerprint density at radius 1 is 1.86 bits per heavy atom. The smallest absolute Gasteiger partial charge is 0.0503 e. The topological polar surface area (TPSA) is 9.23 Å². The predicted octanol–water partition coefficient (Wildman–Crippen LogP) is 1.86. The summed E-state index contributed by atoms with van der Waals surface area (Å²) >= 11 is 1.46. The number of rotatable bonds is 4. The summed E-state index contributed by atoms with van der Waals surface area (Å²) in [6.45, 7) is 3.56. The van der Waals surface area contributed by atoms with Gasteiger partial charge in [-0.05, 0) is 18.5 Å². The third-order valence-corrected chi connectivity index (χ3v) is 1.16. The molecule has 0 saturated heterocycles. The molecule has 42 valence electrons. The molecule has 0 radical (unpaired) electrons. The highest BCUT2D eigenvalue weighted by molar-refractivity contribution is 7.94. The zero-order valence-corrected chi connectivity index (χ0v) is 5.33. The van der Waals surface area contributed by atoms with E-state index in [-0.39, 0.29) is 0 Å². The number of hydrogen-bond acceptors (Lipinski definition) is 2. The Morgan fingerprint density at radius 2 is 2.57 bits per heavy atom. The minimum Gasteiger partial charge on any atom is -0.319 e. The molecule has 0 N–H and O–H groups in total. The van der Waals surface area contributed by atoms with Gasteiger partial charge in [0.1, 0.15) is 0 Å². The van der Waals surface area contributed by atoms with Crippen LogP contribution in [0, 0.1) is 0 Å². The Labute approximate surface area is 49.0 Å². The average Bonchev–Trinajstić information content (AvgIpc) is 1.69. The zero-order chi connectivity index (χ0) is 5.54. The van der Waals surface area contributed by atoms with Gasteiger partial charge in [-0.3, -0.25) is 0 Å². The molecule has 0 amide bonds. The van der Waals surface area contributed by atoms with Crippen molar-refractivity contribution in [3.8, 4) is 0 Å². The van der Waals surface area contributed by atoms with Crippen LogP contribution in [0.2, 0.25) is 0 Å². The van der Waals surface area contributed by atoms with Gasteiger partial charge in [-0.1, -0.05) is 6.08 Å². The Morgan fingerprint density at radius 3 is 3.00 bits per heavy atom. The maximum Gasteiger partial charge on any atom is 0.0503 e. The largest absolute Gasteiger partial charge is 0.319 e. The molecule has 0 atom stereocenters. The second-order valence-corrected chi connectivity index (χ2v) is 2.04. The van der Waals surface area contributed by atoms with Gasteiger partial charge < -0.3 is 4.18 Å². The third-order valence-electron chi connectivity index (χ3n) is 0.523. The van der Waals surface area contributed by atoms with E-state index in [2.05, 4.69) is 6.58 Å². The first kappa shape index (κ1) is 7.05. The van der Waals surface area contributed by atoms with Crippen molar-refractivity contribution in [3.63, 3.8) is 0 Å². The van der Waals surface area contributed by atoms with E-state index in [1.807, 2.05) is 6.08 Å². The number of allylic oxidation sites excluding steroid dienone is 1. The second-order valence-electron chi connectivity index (χ2n) is 1.07. The minimum absolute atomic E-state index is 1.01. The van der Waals surface area contributed by atoms with E-state index in [4.69, 9.17) is 4.18 Å². The molecule has 0 spiro atoms.